The summed E-state index contributed by atoms with van der Waals surface area (Å²) in [5, 5.41) is 0. The van der Waals surface area contributed by atoms with Crippen molar-refractivity contribution in [3.63, 3.8) is 0 Å². The zero-order chi connectivity index (χ0) is 19.8. The Morgan fingerprint density at radius 2 is 1.18 bits per heavy atom. The van der Waals surface area contributed by atoms with Crippen LogP contribution >= 0.6 is 0 Å². The third-order valence-corrected chi connectivity index (χ3v) is 6.44. The van der Waals surface area contributed by atoms with Crippen LogP contribution in [0.2, 0.25) is 0 Å². The van der Waals surface area contributed by atoms with E-state index in [0.29, 0.717) is 0 Å². The zero-order valence-electron chi connectivity index (χ0n) is 16.8. The maximum atomic E-state index is 6.89. The van der Waals surface area contributed by atoms with E-state index < -0.39 is 11.1 Å². The maximum absolute atomic E-state index is 6.89. The predicted octanol–water partition coefficient (Wildman–Crippen LogP) is 4.77. The Kier molecular flexibility index (Phi) is 3.30. The van der Waals surface area contributed by atoms with Gasteiger partial charge in [-0.2, -0.15) is 0 Å². The second-order valence-electron chi connectivity index (χ2n) is 8.53. The van der Waals surface area contributed by atoms with E-state index in [2.05, 4.69) is 81.1 Å². The molecule has 2 aliphatic carbocycles. The molecular formula is C26H24N2. The van der Waals surface area contributed by atoms with E-state index in [1.807, 2.05) is 6.92 Å². The van der Waals surface area contributed by atoms with E-state index in [1.165, 1.54) is 38.9 Å². The van der Waals surface area contributed by atoms with Crippen molar-refractivity contribution in [3.05, 3.63) is 81.9 Å². The molecule has 0 bridgehead atoms. The van der Waals surface area contributed by atoms with E-state index in [4.69, 9.17) is 11.5 Å². The highest BCUT2D eigenvalue weighted by molar-refractivity contribution is 5.89. The Bertz CT molecular complexity index is 1230. The fourth-order valence-corrected chi connectivity index (χ4v) is 4.95. The van der Waals surface area contributed by atoms with Crippen LogP contribution in [0.1, 0.15) is 54.2 Å². The van der Waals surface area contributed by atoms with Crippen molar-refractivity contribution in [1.82, 2.24) is 0 Å². The average molecular weight is 364 g/mol. The van der Waals surface area contributed by atoms with Crippen molar-refractivity contribution >= 4 is 0 Å². The SMILES string of the molecule is CC#Cc1ccc2c(c1)C(C)(N)c1cc3c(cc1-2)C(C)(N)c1cc(C)ccc1-3. The lowest BCUT2D eigenvalue weighted by Crippen LogP contribution is -2.33. The molecule has 0 heterocycles. The van der Waals surface area contributed by atoms with Crippen LogP contribution in [0.3, 0.4) is 0 Å². The lowest BCUT2D eigenvalue weighted by Gasteiger charge is -2.24. The molecular weight excluding hydrogens is 340 g/mol. The van der Waals surface area contributed by atoms with Crippen molar-refractivity contribution < 1.29 is 0 Å². The summed E-state index contributed by atoms with van der Waals surface area (Å²) < 4.78 is 0. The van der Waals surface area contributed by atoms with E-state index in [0.717, 1.165) is 16.7 Å². The first kappa shape index (κ1) is 17.3. The number of benzene rings is 3. The standard InChI is InChI=1S/C26H24N2/c1-5-6-16-8-10-18-20-14-23-19(13-24(20)26(4,28)22(18)12-16)17-9-7-15(2)11-21(17)25(23,3)27/h7-14H,27-28H2,1-4H3. The number of hydrogen-bond donors (Lipinski definition) is 2. The smallest absolute Gasteiger partial charge is 0.0649 e. The predicted molar refractivity (Wildman–Crippen MR) is 116 cm³/mol. The van der Waals surface area contributed by atoms with Gasteiger partial charge in [-0.3, -0.25) is 0 Å². The fourth-order valence-electron chi connectivity index (χ4n) is 4.95. The van der Waals surface area contributed by atoms with Crippen molar-refractivity contribution in [2.45, 2.75) is 38.8 Å². The zero-order valence-corrected chi connectivity index (χ0v) is 16.8. The molecule has 5 rings (SSSR count). The lowest BCUT2D eigenvalue weighted by atomic mass is 9.86. The second kappa shape index (κ2) is 5.35. The van der Waals surface area contributed by atoms with E-state index in [1.54, 1.807) is 0 Å². The maximum Gasteiger partial charge on any atom is 0.0649 e. The minimum Gasteiger partial charge on any atom is -0.318 e. The van der Waals surface area contributed by atoms with Gasteiger partial charge in [-0.25, -0.2) is 0 Å². The summed E-state index contributed by atoms with van der Waals surface area (Å²) in [4.78, 5) is 0. The topological polar surface area (TPSA) is 52.0 Å². The van der Waals surface area contributed by atoms with Crippen molar-refractivity contribution in [3.8, 4) is 34.1 Å². The molecule has 0 aromatic heterocycles. The number of aryl methyl sites for hydroxylation is 1. The van der Waals surface area contributed by atoms with Crippen molar-refractivity contribution in [2.24, 2.45) is 11.5 Å². The van der Waals surface area contributed by atoms with Gasteiger partial charge in [-0.1, -0.05) is 35.7 Å². The fraction of sp³-hybridized carbons (Fsp3) is 0.231. The first-order valence-electron chi connectivity index (χ1n) is 9.71. The van der Waals surface area contributed by atoms with Gasteiger partial charge in [0.2, 0.25) is 0 Å². The van der Waals surface area contributed by atoms with Gasteiger partial charge in [0, 0.05) is 5.56 Å². The van der Waals surface area contributed by atoms with Crippen LogP contribution in [-0.4, -0.2) is 0 Å². The summed E-state index contributed by atoms with van der Waals surface area (Å²) in [7, 11) is 0. The van der Waals surface area contributed by atoms with Crippen molar-refractivity contribution in [1.29, 1.82) is 0 Å². The van der Waals surface area contributed by atoms with Crippen LogP contribution in [0.4, 0.5) is 0 Å². The van der Waals surface area contributed by atoms with Gasteiger partial charge in [0.15, 0.2) is 0 Å². The summed E-state index contributed by atoms with van der Waals surface area (Å²) in [6.45, 7) is 8.18. The van der Waals surface area contributed by atoms with E-state index in [-0.39, 0.29) is 0 Å². The van der Waals surface area contributed by atoms with Gasteiger partial charge in [-0.05, 0) is 96.5 Å². The Labute approximate surface area is 166 Å². The highest BCUT2D eigenvalue weighted by Crippen LogP contribution is 2.53. The van der Waals surface area contributed by atoms with Gasteiger partial charge in [0.05, 0.1) is 11.1 Å². The number of fused-ring (bicyclic) bond motifs is 6. The summed E-state index contributed by atoms with van der Waals surface area (Å²) >= 11 is 0. The Morgan fingerprint density at radius 1 is 0.679 bits per heavy atom. The molecule has 138 valence electrons. The summed E-state index contributed by atoms with van der Waals surface area (Å²) in [5.74, 6) is 6.13. The molecule has 2 heteroatoms. The molecule has 0 saturated heterocycles. The summed E-state index contributed by atoms with van der Waals surface area (Å²) in [5.41, 5.74) is 24.4. The second-order valence-corrected chi connectivity index (χ2v) is 8.53. The van der Waals surface area contributed by atoms with Gasteiger partial charge in [0.25, 0.3) is 0 Å². The van der Waals surface area contributed by atoms with Crippen LogP contribution in [-0.2, 0) is 11.1 Å². The highest BCUT2D eigenvalue weighted by Gasteiger charge is 2.42. The third kappa shape index (κ3) is 2.06. The van der Waals surface area contributed by atoms with Gasteiger partial charge >= 0.3 is 0 Å². The van der Waals surface area contributed by atoms with Gasteiger partial charge < -0.3 is 11.5 Å². The summed E-state index contributed by atoms with van der Waals surface area (Å²) in [6, 6.07) is 17.5. The Balaban J connectivity index is 1.80. The summed E-state index contributed by atoms with van der Waals surface area (Å²) in [6.07, 6.45) is 0. The molecule has 28 heavy (non-hydrogen) atoms. The molecule has 0 amide bonds. The van der Waals surface area contributed by atoms with Gasteiger partial charge in [-0.15, -0.1) is 5.92 Å². The minimum atomic E-state index is -0.552. The number of hydrogen-bond acceptors (Lipinski definition) is 2. The van der Waals surface area contributed by atoms with E-state index >= 15 is 0 Å². The van der Waals surface area contributed by atoms with Crippen LogP contribution in [0.25, 0.3) is 22.3 Å². The molecule has 4 N–H and O–H groups in total. The van der Waals surface area contributed by atoms with E-state index in [9.17, 15) is 0 Å². The molecule has 0 fully saturated rings. The molecule has 0 radical (unpaired) electrons. The molecule has 2 unspecified atom stereocenters. The van der Waals surface area contributed by atoms with Crippen LogP contribution in [0.15, 0.2) is 48.5 Å². The Hall–Kier alpha value is -2.86. The molecule has 0 saturated carbocycles. The monoisotopic (exact) mass is 364 g/mol. The first-order valence-corrected chi connectivity index (χ1v) is 9.71. The molecule has 0 aliphatic heterocycles. The highest BCUT2D eigenvalue weighted by atomic mass is 14.8. The largest absolute Gasteiger partial charge is 0.318 e. The average Bonchev–Trinajstić information content (AvgIpc) is 3.00. The molecule has 0 spiro atoms. The van der Waals surface area contributed by atoms with Gasteiger partial charge in [0.1, 0.15) is 0 Å². The first-order chi connectivity index (χ1) is 13.2. The third-order valence-electron chi connectivity index (χ3n) is 6.44. The molecule has 2 nitrogen and oxygen atoms in total. The van der Waals surface area contributed by atoms with Crippen LogP contribution in [0, 0.1) is 18.8 Å². The normalized spacial score (nSPS) is 23.4. The number of nitrogens with two attached hydrogens (primary N) is 2. The minimum absolute atomic E-state index is 0.507. The number of rotatable bonds is 0. The lowest BCUT2D eigenvalue weighted by molar-refractivity contribution is 0.613. The van der Waals surface area contributed by atoms with Crippen LogP contribution < -0.4 is 11.5 Å². The molecule has 2 aliphatic rings. The van der Waals surface area contributed by atoms with Crippen LogP contribution in [0.5, 0.6) is 0 Å². The molecule has 3 aromatic carbocycles. The molecule has 3 aromatic rings. The van der Waals surface area contributed by atoms with Crippen molar-refractivity contribution in [2.75, 3.05) is 0 Å². The quantitative estimate of drug-likeness (QED) is 0.565. The molecule has 2 atom stereocenters. The Morgan fingerprint density at radius 3 is 1.75 bits per heavy atom.